The van der Waals surface area contributed by atoms with Crippen LogP contribution in [0.1, 0.15) is 57.7 Å². The lowest BCUT2D eigenvalue weighted by atomic mass is 9.41. The number of aliphatic hydroxyl groups is 1. The van der Waals surface area contributed by atoms with Gasteiger partial charge in [-0.3, -0.25) is 0 Å². The summed E-state index contributed by atoms with van der Waals surface area (Å²) in [6, 6.07) is 8.64. The number of aromatic amines is 1. The Labute approximate surface area is 155 Å². The largest absolute Gasteiger partial charge is 0.392 e. The molecule has 0 aliphatic heterocycles. The van der Waals surface area contributed by atoms with Gasteiger partial charge in [0.05, 0.1) is 11.5 Å². The van der Waals surface area contributed by atoms with Gasteiger partial charge in [-0.1, -0.05) is 39.0 Å². The van der Waals surface area contributed by atoms with Crippen LogP contribution in [0.25, 0.3) is 10.9 Å². The molecule has 0 spiro atoms. The van der Waals surface area contributed by atoms with E-state index in [2.05, 4.69) is 43.1 Å². The van der Waals surface area contributed by atoms with Crippen molar-refractivity contribution in [3.63, 3.8) is 0 Å². The van der Waals surface area contributed by atoms with Crippen LogP contribution in [0, 0.1) is 22.7 Å². The molecule has 3 aliphatic rings. The first-order chi connectivity index (χ1) is 12.4. The number of benzene rings is 1. The van der Waals surface area contributed by atoms with Gasteiger partial charge < -0.3 is 14.9 Å². The third-order valence-electron chi connectivity index (χ3n) is 9.02. The van der Waals surface area contributed by atoms with E-state index in [0.29, 0.717) is 5.92 Å². The van der Waals surface area contributed by atoms with Gasteiger partial charge in [-0.2, -0.15) is 0 Å². The molecule has 26 heavy (non-hydrogen) atoms. The zero-order valence-electron chi connectivity index (χ0n) is 16.0. The quantitative estimate of drug-likeness (QED) is 0.750. The Kier molecular flexibility index (Phi) is 3.19. The number of carbonyl (C=O) groups is 1. The van der Waals surface area contributed by atoms with Crippen molar-refractivity contribution in [3.05, 3.63) is 35.5 Å². The minimum atomic E-state index is -0.629. The molecule has 3 heteroatoms. The van der Waals surface area contributed by atoms with Crippen molar-refractivity contribution in [2.75, 3.05) is 0 Å². The molecule has 138 valence electrons. The molecule has 0 radical (unpaired) electrons. The van der Waals surface area contributed by atoms with Crippen LogP contribution in [0.4, 0.5) is 0 Å². The van der Waals surface area contributed by atoms with E-state index in [1.165, 1.54) is 22.2 Å². The summed E-state index contributed by atoms with van der Waals surface area (Å²) in [5.41, 5.74) is 3.56. The highest BCUT2D eigenvalue weighted by Gasteiger charge is 2.66. The van der Waals surface area contributed by atoms with Gasteiger partial charge >= 0.3 is 0 Å². The fourth-order valence-electron chi connectivity index (χ4n) is 7.27. The first-order valence-corrected chi connectivity index (χ1v) is 10.1. The van der Waals surface area contributed by atoms with Crippen molar-refractivity contribution >= 4 is 17.2 Å². The van der Waals surface area contributed by atoms with E-state index >= 15 is 0 Å². The number of nitrogens with one attached hydrogen (secondary N) is 1. The summed E-state index contributed by atoms with van der Waals surface area (Å²) < 4.78 is 0. The third kappa shape index (κ3) is 1.67. The van der Waals surface area contributed by atoms with E-state index < -0.39 is 11.5 Å². The highest BCUT2D eigenvalue weighted by Crippen LogP contribution is 2.69. The molecule has 0 saturated heterocycles. The SMILES string of the molecule is C[C@@]1(C=O)[C@@H](O)CC[C@@]2(C)[C@H]1CC[C@H]1Cc3c([nH]c4ccccc34)[C@@]12C. The minimum Gasteiger partial charge on any atom is -0.392 e. The number of para-hydroxylation sites is 1. The average Bonchev–Trinajstić information content (AvgIpc) is 3.14. The summed E-state index contributed by atoms with van der Waals surface area (Å²) in [4.78, 5) is 15.9. The second kappa shape index (κ2) is 5.01. The van der Waals surface area contributed by atoms with Gasteiger partial charge in [-0.15, -0.1) is 0 Å². The van der Waals surface area contributed by atoms with Crippen molar-refractivity contribution in [1.29, 1.82) is 0 Å². The lowest BCUT2D eigenvalue weighted by Gasteiger charge is -2.63. The number of aldehydes is 1. The third-order valence-corrected chi connectivity index (χ3v) is 9.02. The number of hydrogen-bond donors (Lipinski definition) is 2. The van der Waals surface area contributed by atoms with Gasteiger partial charge in [-0.25, -0.2) is 0 Å². The van der Waals surface area contributed by atoms with E-state index in [9.17, 15) is 9.90 Å². The second-order valence-electron chi connectivity index (χ2n) is 9.71. The Morgan fingerprint density at radius 3 is 2.69 bits per heavy atom. The second-order valence-corrected chi connectivity index (χ2v) is 9.71. The van der Waals surface area contributed by atoms with Crippen molar-refractivity contribution in [2.24, 2.45) is 22.7 Å². The summed E-state index contributed by atoms with van der Waals surface area (Å²) in [7, 11) is 0. The van der Waals surface area contributed by atoms with Crippen LogP contribution in [-0.2, 0) is 16.6 Å². The van der Waals surface area contributed by atoms with E-state index in [1.54, 1.807) is 0 Å². The molecule has 0 amide bonds. The van der Waals surface area contributed by atoms with Gasteiger partial charge in [0.25, 0.3) is 0 Å². The van der Waals surface area contributed by atoms with E-state index in [-0.39, 0.29) is 16.7 Å². The molecule has 1 heterocycles. The summed E-state index contributed by atoms with van der Waals surface area (Å²) in [6.07, 6.45) is 5.59. The molecule has 1 aromatic heterocycles. The Morgan fingerprint density at radius 2 is 1.92 bits per heavy atom. The fraction of sp³-hybridized carbons (Fsp3) is 0.609. The molecule has 2 fully saturated rings. The van der Waals surface area contributed by atoms with Crippen molar-refractivity contribution < 1.29 is 9.90 Å². The van der Waals surface area contributed by atoms with Gasteiger partial charge in [0.1, 0.15) is 6.29 Å². The first kappa shape index (κ1) is 16.6. The zero-order valence-corrected chi connectivity index (χ0v) is 16.0. The fourth-order valence-corrected chi connectivity index (χ4v) is 7.27. The maximum absolute atomic E-state index is 12.1. The van der Waals surface area contributed by atoms with Crippen LogP contribution in [-0.4, -0.2) is 22.5 Å². The van der Waals surface area contributed by atoms with Crippen LogP contribution >= 0.6 is 0 Å². The summed E-state index contributed by atoms with van der Waals surface area (Å²) in [6.45, 7) is 6.84. The molecule has 2 aromatic rings. The molecule has 1 aromatic carbocycles. The Hall–Kier alpha value is -1.61. The molecule has 5 rings (SSSR count). The molecule has 0 unspecified atom stereocenters. The highest BCUT2D eigenvalue weighted by atomic mass is 16.3. The molecule has 3 nitrogen and oxygen atoms in total. The van der Waals surface area contributed by atoms with Gasteiger partial charge in [0.15, 0.2) is 0 Å². The van der Waals surface area contributed by atoms with Crippen LogP contribution in [0.5, 0.6) is 0 Å². The van der Waals surface area contributed by atoms with E-state index in [4.69, 9.17) is 0 Å². The number of carbonyl (C=O) groups excluding carboxylic acids is 1. The van der Waals surface area contributed by atoms with E-state index in [1.807, 2.05) is 6.92 Å². The lowest BCUT2D eigenvalue weighted by Crippen LogP contribution is -2.62. The Morgan fingerprint density at radius 1 is 1.15 bits per heavy atom. The minimum absolute atomic E-state index is 0.0247. The summed E-state index contributed by atoms with van der Waals surface area (Å²) in [5.74, 6) is 0.857. The number of aliphatic hydroxyl groups excluding tert-OH is 1. The monoisotopic (exact) mass is 351 g/mol. The number of rotatable bonds is 1. The number of aromatic nitrogens is 1. The predicted octanol–water partition coefficient (Wildman–Crippen LogP) is 4.37. The molecule has 2 N–H and O–H groups in total. The van der Waals surface area contributed by atoms with E-state index in [0.717, 1.165) is 38.4 Å². The predicted molar refractivity (Wildman–Crippen MR) is 103 cm³/mol. The molecule has 0 bridgehead atoms. The van der Waals surface area contributed by atoms with Gasteiger partial charge in [0, 0.05) is 22.0 Å². The average molecular weight is 351 g/mol. The Bertz CT molecular complexity index is 901. The van der Waals surface area contributed by atoms with Crippen LogP contribution in [0.2, 0.25) is 0 Å². The van der Waals surface area contributed by atoms with Crippen LogP contribution in [0.3, 0.4) is 0 Å². The van der Waals surface area contributed by atoms with Crippen LogP contribution in [0.15, 0.2) is 24.3 Å². The standard InChI is InChI=1S/C23H29NO2/c1-21(13-25)18-9-8-14-12-16-15-6-4-5-7-17(15)24-20(16)23(14,3)22(18,2)11-10-19(21)26/h4-7,13-14,18-19,24,26H,8-12H2,1-3H3/t14-,18-,19-,21-,22-,23+/m0/s1. The van der Waals surface area contributed by atoms with Gasteiger partial charge in [-0.05, 0) is 61.0 Å². The lowest BCUT2D eigenvalue weighted by molar-refractivity contribution is -0.167. The topological polar surface area (TPSA) is 53.1 Å². The maximum atomic E-state index is 12.1. The van der Waals surface area contributed by atoms with Gasteiger partial charge in [0.2, 0.25) is 0 Å². The molecular formula is C23H29NO2. The maximum Gasteiger partial charge on any atom is 0.128 e. The number of hydrogen-bond acceptors (Lipinski definition) is 2. The first-order valence-electron chi connectivity index (χ1n) is 10.1. The molecule has 3 aliphatic carbocycles. The molecular weight excluding hydrogens is 322 g/mol. The summed E-state index contributed by atoms with van der Waals surface area (Å²) >= 11 is 0. The van der Waals surface area contributed by atoms with Crippen molar-refractivity contribution in [2.45, 2.75) is 64.4 Å². The normalized spacial score (nSPS) is 44.4. The number of fused-ring (bicyclic) bond motifs is 7. The van der Waals surface area contributed by atoms with Crippen molar-refractivity contribution in [1.82, 2.24) is 4.98 Å². The summed E-state index contributed by atoms with van der Waals surface area (Å²) in [5, 5.41) is 12.0. The zero-order chi connectivity index (χ0) is 18.3. The number of H-pyrrole nitrogens is 1. The molecule has 2 saturated carbocycles. The Balaban J connectivity index is 1.72. The molecule has 6 atom stereocenters. The smallest absolute Gasteiger partial charge is 0.128 e. The highest BCUT2D eigenvalue weighted by molar-refractivity contribution is 5.86. The van der Waals surface area contributed by atoms with Crippen LogP contribution < -0.4 is 0 Å². The van der Waals surface area contributed by atoms with Crippen molar-refractivity contribution in [3.8, 4) is 0 Å².